The summed E-state index contributed by atoms with van der Waals surface area (Å²) in [5, 5.41) is 0. The van der Waals surface area contributed by atoms with E-state index >= 15 is 0 Å². The fraction of sp³-hybridized carbons (Fsp3) is 0.167. The molecule has 0 amide bonds. The lowest BCUT2D eigenvalue weighted by Crippen LogP contribution is -2.17. The van der Waals surface area contributed by atoms with Crippen molar-refractivity contribution < 1.29 is 17.2 Å². The quantitative estimate of drug-likeness (QED) is 0.768. The molecule has 0 aliphatic heterocycles. The Kier molecular flexibility index (Phi) is 3.00. The van der Waals surface area contributed by atoms with Gasteiger partial charge in [-0.2, -0.15) is 0 Å². The van der Waals surface area contributed by atoms with Gasteiger partial charge in [-0.3, -0.25) is 4.79 Å². The Labute approximate surface area is 87.3 Å². The Bertz CT molecular complexity index is 540. The number of halogens is 3. The van der Waals surface area contributed by atoms with E-state index in [0.717, 1.165) is 0 Å². The normalized spacial score (nSPS) is 12.0. The summed E-state index contributed by atoms with van der Waals surface area (Å²) in [5.74, 6) is -0.362. The van der Waals surface area contributed by atoms with Crippen molar-refractivity contribution >= 4 is 25.6 Å². The van der Waals surface area contributed by atoms with Crippen LogP contribution in [0.2, 0.25) is 0 Å². The molecule has 0 saturated carbocycles. The Balaban J connectivity index is 3.71. The van der Waals surface area contributed by atoms with Crippen LogP contribution in [0.15, 0.2) is 15.8 Å². The molecule has 9 heteroatoms. The summed E-state index contributed by atoms with van der Waals surface area (Å²) in [7, 11) is 0.310. The number of aromatic amines is 1. The third-order valence-electron chi connectivity index (χ3n) is 1.50. The predicted octanol–water partition coefficient (Wildman–Crippen LogP) is 0.822. The minimum atomic E-state index is -4.53. The van der Waals surface area contributed by atoms with E-state index in [0.29, 0.717) is 6.07 Å². The lowest BCUT2D eigenvalue weighted by atomic mass is 10.3. The van der Waals surface area contributed by atoms with E-state index in [1.807, 2.05) is 4.98 Å². The van der Waals surface area contributed by atoms with Crippen LogP contribution in [0.4, 0.5) is 14.6 Å². The number of aromatic nitrogens is 1. The van der Waals surface area contributed by atoms with Crippen molar-refractivity contribution in [1.29, 1.82) is 0 Å². The van der Waals surface area contributed by atoms with Crippen molar-refractivity contribution in [2.24, 2.45) is 0 Å². The number of nitrogens with two attached hydrogens (primary N) is 1. The Hall–Kier alpha value is -1.15. The molecule has 1 rings (SSSR count). The molecule has 0 saturated heterocycles. The monoisotopic (exact) mass is 258 g/mol. The van der Waals surface area contributed by atoms with Crippen molar-refractivity contribution in [3.05, 3.63) is 22.0 Å². The lowest BCUT2D eigenvalue weighted by molar-refractivity contribution is 0.142. The Morgan fingerprint density at radius 2 is 2.00 bits per heavy atom. The number of hydrogen-bond donors (Lipinski definition) is 2. The molecule has 0 aliphatic rings. The van der Waals surface area contributed by atoms with Crippen LogP contribution in [-0.2, 0) is 9.05 Å². The highest BCUT2D eigenvalue weighted by Crippen LogP contribution is 2.24. The molecule has 0 aliphatic carbocycles. The molecule has 0 bridgehead atoms. The SMILES string of the molecule is Nc1cc(=O)c(S(=O)(=O)Cl)c(C(F)F)[nH]1. The second-order valence-corrected chi connectivity index (χ2v) is 5.07. The highest BCUT2D eigenvalue weighted by molar-refractivity contribution is 8.13. The lowest BCUT2D eigenvalue weighted by Gasteiger charge is -2.06. The minimum Gasteiger partial charge on any atom is -0.385 e. The van der Waals surface area contributed by atoms with Crippen LogP contribution in [0.1, 0.15) is 12.1 Å². The molecule has 5 nitrogen and oxygen atoms in total. The Morgan fingerprint density at radius 3 is 2.40 bits per heavy atom. The van der Waals surface area contributed by atoms with E-state index in [1.54, 1.807) is 0 Å². The third-order valence-corrected chi connectivity index (χ3v) is 2.87. The maximum absolute atomic E-state index is 12.4. The molecule has 0 spiro atoms. The molecule has 1 aromatic heterocycles. The standard InChI is InChI=1S/C6H5ClF2N2O3S/c7-15(13,14)5-2(12)1-3(10)11-4(5)6(8)9/h1,6H,(H3,10,11,12). The van der Waals surface area contributed by atoms with Crippen LogP contribution in [0, 0.1) is 0 Å². The molecule has 0 radical (unpaired) electrons. The molecule has 0 aromatic carbocycles. The zero-order valence-corrected chi connectivity index (χ0v) is 8.57. The first kappa shape index (κ1) is 11.9. The zero-order chi connectivity index (χ0) is 11.8. The van der Waals surface area contributed by atoms with Gasteiger partial charge < -0.3 is 10.7 Å². The summed E-state index contributed by atoms with van der Waals surface area (Å²) in [6, 6.07) is 0.668. The van der Waals surface area contributed by atoms with Crippen LogP contribution < -0.4 is 11.2 Å². The average molecular weight is 259 g/mol. The minimum absolute atomic E-state index is 0.362. The molecular weight excluding hydrogens is 254 g/mol. The van der Waals surface area contributed by atoms with Crippen LogP contribution in [-0.4, -0.2) is 13.4 Å². The number of H-pyrrole nitrogens is 1. The van der Waals surface area contributed by atoms with Crippen LogP contribution >= 0.6 is 10.7 Å². The van der Waals surface area contributed by atoms with Gasteiger partial charge in [0.1, 0.15) is 11.5 Å². The average Bonchev–Trinajstić information content (AvgIpc) is 1.99. The van der Waals surface area contributed by atoms with Gasteiger partial charge in [0.15, 0.2) is 4.90 Å². The largest absolute Gasteiger partial charge is 0.385 e. The number of hydrogen-bond acceptors (Lipinski definition) is 4. The van der Waals surface area contributed by atoms with Crippen LogP contribution in [0.3, 0.4) is 0 Å². The van der Waals surface area contributed by atoms with E-state index in [2.05, 4.69) is 0 Å². The van der Waals surface area contributed by atoms with Crippen molar-refractivity contribution in [2.75, 3.05) is 5.73 Å². The van der Waals surface area contributed by atoms with E-state index < -0.39 is 31.5 Å². The molecular formula is C6H5ClF2N2O3S. The maximum atomic E-state index is 12.4. The first-order chi connectivity index (χ1) is 6.73. The second-order valence-electron chi connectivity index (χ2n) is 2.57. The van der Waals surface area contributed by atoms with Gasteiger partial charge in [0.2, 0.25) is 5.43 Å². The predicted molar refractivity (Wildman–Crippen MR) is 49.5 cm³/mol. The fourth-order valence-electron chi connectivity index (χ4n) is 0.993. The van der Waals surface area contributed by atoms with Crippen molar-refractivity contribution in [3.63, 3.8) is 0 Å². The molecule has 3 N–H and O–H groups in total. The van der Waals surface area contributed by atoms with E-state index in [-0.39, 0.29) is 5.82 Å². The number of alkyl halides is 2. The van der Waals surface area contributed by atoms with Gasteiger partial charge >= 0.3 is 0 Å². The summed E-state index contributed by atoms with van der Waals surface area (Å²) in [6.07, 6.45) is -3.19. The highest BCUT2D eigenvalue weighted by Gasteiger charge is 2.26. The number of pyridine rings is 1. The van der Waals surface area contributed by atoms with Gasteiger partial charge in [-0.05, 0) is 0 Å². The maximum Gasteiger partial charge on any atom is 0.279 e. The van der Waals surface area contributed by atoms with E-state index in [9.17, 15) is 22.0 Å². The summed E-state index contributed by atoms with van der Waals surface area (Å²) < 4.78 is 46.5. The third kappa shape index (κ3) is 2.45. The summed E-state index contributed by atoms with van der Waals surface area (Å²) in [4.78, 5) is 11.8. The molecule has 0 unspecified atom stereocenters. The number of rotatable bonds is 2. The summed E-state index contributed by atoms with van der Waals surface area (Å²) >= 11 is 0. The van der Waals surface area contributed by atoms with Crippen molar-refractivity contribution in [2.45, 2.75) is 11.3 Å². The second kappa shape index (κ2) is 3.78. The van der Waals surface area contributed by atoms with Crippen molar-refractivity contribution in [3.8, 4) is 0 Å². The number of nitrogens with one attached hydrogen (secondary N) is 1. The molecule has 1 aromatic rings. The zero-order valence-electron chi connectivity index (χ0n) is 7.00. The van der Waals surface area contributed by atoms with Crippen molar-refractivity contribution in [1.82, 2.24) is 4.98 Å². The molecule has 84 valence electrons. The van der Waals surface area contributed by atoms with Gasteiger partial charge in [0.25, 0.3) is 15.5 Å². The first-order valence-electron chi connectivity index (χ1n) is 3.49. The smallest absolute Gasteiger partial charge is 0.279 e. The molecule has 0 atom stereocenters. The van der Waals surface area contributed by atoms with Crippen LogP contribution in [0.25, 0.3) is 0 Å². The van der Waals surface area contributed by atoms with Gasteiger partial charge in [0.05, 0.1) is 0 Å². The number of anilines is 1. The van der Waals surface area contributed by atoms with Gasteiger partial charge in [-0.25, -0.2) is 17.2 Å². The molecule has 15 heavy (non-hydrogen) atoms. The highest BCUT2D eigenvalue weighted by atomic mass is 35.7. The fourth-order valence-corrected chi connectivity index (χ4v) is 2.17. The first-order valence-corrected chi connectivity index (χ1v) is 5.80. The molecule has 1 heterocycles. The van der Waals surface area contributed by atoms with Gasteiger partial charge in [0, 0.05) is 16.7 Å². The summed E-state index contributed by atoms with van der Waals surface area (Å²) in [6.45, 7) is 0. The molecule has 0 fully saturated rings. The van der Waals surface area contributed by atoms with E-state index in [1.165, 1.54) is 0 Å². The van der Waals surface area contributed by atoms with Gasteiger partial charge in [-0.15, -0.1) is 0 Å². The summed E-state index contributed by atoms with van der Waals surface area (Å²) in [5.41, 5.74) is 2.81. The van der Waals surface area contributed by atoms with Gasteiger partial charge in [-0.1, -0.05) is 0 Å². The van der Waals surface area contributed by atoms with Crippen LogP contribution in [0.5, 0.6) is 0 Å². The topological polar surface area (TPSA) is 93.0 Å². The van der Waals surface area contributed by atoms with E-state index in [4.69, 9.17) is 16.4 Å². The Morgan fingerprint density at radius 1 is 1.47 bits per heavy atom. The number of nitrogen functional groups attached to an aromatic ring is 1.